The molecule has 0 rings (SSSR count). The van der Waals surface area contributed by atoms with E-state index in [1.54, 1.807) is 0 Å². The Balaban J connectivity index is 4.40. The van der Waals surface area contributed by atoms with Gasteiger partial charge in [-0.25, -0.2) is 4.79 Å². The van der Waals surface area contributed by atoms with Gasteiger partial charge >= 0.3 is 15.3 Å². The Morgan fingerprint density at radius 3 is 2.00 bits per heavy atom. The first-order valence-electron chi connectivity index (χ1n) is 7.48. The van der Waals surface area contributed by atoms with Crippen LogP contribution in [0, 0.1) is 0 Å². The van der Waals surface area contributed by atoms with Crippen LogP contribution >= 0.6 is 0 Å². The lowest BCUT2D eigenvalue weighted by Crippen LogP contribution is -2.45. The van der Waals surface area contributed by atoms with Gasteiger partial charge in [-0.1, -0.05) is 13.5 Å². The fourth-order valence-corrected chi connectivity index (χ4v) is 8.98. The molecule has 1 unspecified atom stereocenters. The molecule has 0 heterocycles. The molecule has 0 N–H and O–H groups in total. The molecule has 0 aliphatic carbocycles. The molecule has 0 spiro atoms. The zero-order valence-corrected chi connectivity index (χ0v) is 17.6. The molecule has 0 bridgehead atoms. The predicted molar refractivity (Wildman–Crippen MR) is 94.4 cm³/mol. The molecule has 0 fully saturated rings. The van der Waals surface area contributed by atoms with Crippen LogP contribution in [-0.4, -0.2) is 38.5 Å². The Kier molecular flexibility index (Phi) is 8.95. The Hall–Kier alpha value is -0.219. The van der Waals surface area contributed by atoms with E-state index in [1.165, 1.54) is 6.08 Å². The number of hydrogen-bond acceptors (Lipinski definition) is 4. The average molecular weight is 348 g/mol. The molecule has 0 amide bonds. The second-order valence-electron chi connectivity index (χ2n) is 7.16. The van der Waals surface area contributed by atoms with Crippen LogP contribution in [0.25, 0.3) is 0 Å². The molecule has 7 heteroatoms. The number of esters is 1. The second-order valence-corrected chi connectivity index (χ2v) is 18.9. The average Bonchev–Trinajstić information content (AvgIpc) is 2.29. The van der Waals surface area contributed by atoms with Gasteiger partial charge in [0.1, 0.15) is 0 Å². The first-order chi connectivity index (χ1) is 9.44. The van der Waals surface area contributed by atoms with Crippen molar-refractivity contribution in [2.45, 2.75) is 64.6 Å². The zero-order chi connectivity index (χ0) is 16.7. The molecule has 0 saturated carbocycles. The molecule has 4 nitrogen and oxygen atoms in total. The molecule has 0 aliphatic rings. The van der Waals surface area contributed by atoms with E-state index in [-0.39, 0.29) is 5.97 Å². The Labute approximate surface area is 134 Å². The highest BCUT2D eigenvalue weighted by Gasteiger charge is 2.34. The van der Waals surface area contributed by atoms with E-state index in [9.17, 15) is 4.79 Å². The standard InChI is InChI=1S/C14H31O4Si3/c1-9-14(15)16-12-10-11-13(2)19(17-20(3,4)5)18-21(6,7)8/h9,13H,1,10-12H2,2-8H3. The van der Waals surface area contributed by atoms with Gasteiger partial charge in [0.25, 0.3) is 0 Å². The maximum atomic E-state index is 11.0. The molecule has 0 aliphatic heterocycles. The predicted octanol–water partition coefficient (Wildman–Crippen LogP) is 4.08. The van der Waals surface area contributed by atoms with Crippen molar-refractivity contribution in [2.24, 2.45) is 0 Å². The highest BCUT2D eigenvalue weighted by atomic mass is 28.4. The van der Waals surface area contributed by atoms with Gasteiger partial charge in [0.15, 0.2) is 16.6 Å². The highest BCUT2D eigenvalue weighted by molar-refractivity contribution is 6.81. The number of hydrogen-bond donors (Lipinski definition) is 0. The third-order valence-corrected chi connectivity index (χ3v) is 10.0. The Morgan fingerprint density at radius 2 is 1.62 bits per heavy atom. The van der Waals surface area contributed by atoms with E-state index >= 15 is 0 Å². The molecular weight excluding hydrogens is 316 g/mol. The summed E-state index contributed by atoms with van der Waals surface area (Å²) in [6, 6.07) is 0. The quantitative estimate of drug-likeness (QED) is 0.258. The number of carbonyl (C=O) groups excluding carboxylic acids is 1. The van der Waals surface area contributed by atoms with Gasteiger partial charge in [-0.15, -0.1) is 0 Å². The molecule has 0 saturated heterocycles. The van der Waals surface area contributed by atoms with Crippen LogP contribution in [0.4, 0.5) is 0 Å². The van der Waals surface area contributed by atoms with Crippen LogP contribution in [0.1, 0.15) is 19.8 Å². The Morgan fingerprint density at radius 1 is 1.14 bits per heavy atom. The van der Waals surface area contributed by atoms with Crippen molar-refractivity contribution < 1.29 is 17.8 Å². The van der Waals surface area contributed by atoms with Crippen molar-refractivity contribution in [3.63, 3.8) is 0 Å². The van der Waals surface area contributed by atoms with Crippen LogP contribution in [0.3, 0.4) is 0 Å². The van der Waals surface area contributed by atoms with Gasteiger partial charge in [-0.3, -0.25) is 0 Å². The molecule has 1 radical (unpaired) electrons. The summed E-state index contributed by atoms with van der Waals surface area (Å²) in [5.74, 6) is -0.357. The summed E-state index contributed by atoms with van der Waals surface area (Å²) in [4.78, 5) is 11.0. The van der Waals surface area contributed by atoms with Crippen molar-refractivity contribution in [1.29, 1.82) is 0 Å². The maximum absolute atomic E-state index is 11.0. The minimum Gasteiger partial charge on any atom is -0.463 e. The van der Waals surface area contributed by atoms with Crippen LogP contribution < -0.4 is 0 Å². The summed E-state index contributed by atoms with van der Waals surface area (Å²) in [7, 11) is -4.50. The summed E-state index contributed by atoms with van der Waals surface area (Å²) in [5.41, 5.74) is 0.385. The highest BCUT2D eigenvalue weighted by Crippen LogP contribution is 2.24. The molecule has 0 aromatic rings. The van der Waals surface area contributed by atoms with E-state index < -0.39 is 25.9 Å². The lowest BCUT2D eigenvalue weighted by molar-refractivity contribution is -0.137. The number of rotatable bonds is 10. The van der Waals surface area contributed by atoms with E-state index in [2.05, 4.69) is 52.8 Å². The molecule has 123 valence electrons. The lowest BCUT2D eigenvalue weighted by atomic mass is 10.2. The van der Waals surface area contributed by atoms with Crippen LogP contribution in [0.2, 0.25) is 44.8 Å². The van der Waals surface area contributed by atoms with E-state index in [0.717, 1.165) is 12.8 Å². The number of ether oxygens (including phenoxy) is 1. The smallest absolute Gasteiger partial charge is 0.365 e. The van der Waals surface area contributed by atoms with E-state index in [1.807, 2.05) is 0 Å². The van der Waals surface area contributed by atoms with Crippen molar-refractivity contribution in [3.8, 4) is 0 Å². The van der Waals surface area contributed by atoms with Crippen LogP contribution in [0.5, 0.6) is 0 Å². The zero-order valence-electron chi connectivity index (χ0n) is 14.6. The normalized spacial score (nSPS) is 14.1. The summed E-state index contributed by atoms with van der Waals surface area (Å²) < 4.78 is 17.6. The first kappa shape index (κ1) is 20.8. The lowest BCUT2D eigenvalue weighted by Gasteiger charge is -2.32. The van der Waals surface area contributed by atoms with Crippen molar-refractivity contribution in [3.05, 3.63) is 12.7 Å². The van der Waals surface area contributed by atoms with Crippen molar-refractivity contribution in [1.82, 2.24) is 0 Å². The molecule has 0 aromatic heterocycles. The molecule has 21 heavy (non-hydrogen) atoms. The Bertz CT molecular complexity index is 318. The van der Waals surface area contributed by atoms with Crippen molar-refractivity contribution >= 4 is 31.9 Å². The fourth-order valence-electron chi connectivity index (χ4n) is 1.56. The van der Waals surface area contributed by atoms with Gasteiger partial charge in [0.2, 0.25) is 0 Å². The van der Waals surface area contributed by atoms with Gasteiger partial charge in [-0.05, 0) is 52.1 Å². The minimum absolute atomic E-state index is 0.357. The monoisotopic (exact) mass is 347 g/mol. The molecule has 1 atom stereocenters. The third-order valence-electron chi connectivity index (χ3n) is 2.41. The van der Waals surface area contributed by atoms with E-state index in [0.29, 0.717) is 12.1 Å². The summed E-state index contributed by atoms with van der Waals surface area (Å²) >= 11 is 0. The van der Waals surface area contributed by atoms with Gasteiger partial charge < -0.3 is 13.0 Å². The third kappa shape index (κ3) is 12.1. The summed E-state index contributed by atoms with van der Waals surface area (Å²) in [5, 5.41) is 0. The minimum atomic E-state index is -1.61. The summed E-state index contributed by atoms with van der Waals surface area (Å²) in [6.45, 7) is 19.2. The largest absolute Gasteiger partial charge is 0.463 e. The topological polar surface area (TPSA) is 44.8 Å². The van der Waals surface area contributed by atoms with E-state index in [4.69, 9.17) is 13.0 Å². The van der Waals surface area contributed by atoms with Crippen LogP contribution in [0.15, 0.2) is 12.7 Å². The van der Waals surface area contributed by atoms with Crippen LogP contribution in [-0.2, 0) is 17.8 Å². The van der Waals surface area contributed by atoms with Gasteiger partial charge in [0, 0.05) is 11.6 Å². The first-order valence-corrected chi connectivity index (χ1v) is 15.7. The summed E-state index contributed by atoms with van der Waals surface area (Å²) in [6.07, 6.45) is 2.98. The molecular formula is C14H31O4Si3. The molecule has 0 aromatic carbocycles. The second kappa shape index (κ2) is 9.04. The van der Waals surface area contributed by atoms with Crippen molar-refractivity contribution in [2.75, 3.05) is 6.61 Å². The SMILES string of the molecule is C=CC(=O)OCCCC(C)[Si](O[Si](C)(C)C)O[Si](C)(C)C. The fraction of sp³-hybridized carbons (Fsp3) is 0.786. The number of carbonyl (C=O) groups is 1. The van der Waals surface area contributed by atoms with Gasteiger partial charge in [-0.2, -0.15) is 0 Å². The van der Waals surface area contributed by atoms with Gasteiger partial charge in [0.05, 0.1) is 6.61 Å². The maximum Gasteiger partial charge on any atom is 0.365 e.